The number of ether oxygens (including phenoxy) is 3. The van der Waals surface area contributed by atoms with Gasteiger partial charge in [-0.25, -0.2) is 0 Å². The van der Waals surface area contributed by atoms with Crippen molar-refractivity contribution in [3.05, 3.63) is 53.6 Å². The fourth-order valence-electron chi connectivity index (χ4n) is 4.04. The number of rotatable bonds is 3. The summed E-state index contributed by atoms with van der Waals surface area (Å²) in [6.45, 7) is 2.27. The lowest BCUT2D eigenvalue weighted by Gasteiger charge is -2.44. The van der Waals surface area contributed by atoms with Crippen LogP contribution in [0.5, 0.6) is 17.2 Å². The average Bonchev–Trinajstić information content (AvgIpc) is 2.73. The van der Waals surface area contributed by atoms with Crippen molar-refractivity contribution in [2.24, 2.45) is 0 Å². The summed E-state index contributed by atoms with van der Waals surface area (Å²) in [5, 5.41) is 0. The van der Waals surface area contributed by atoms with Crippen LogP contribution in [0, 0.1) is 0 Å². The lowest BCUT2D eigenvalue weighted by molar-refractivity contribution is -0.131. The Hall–Kier alpha value is -3.35. The van der Waals surface area contributed by atoms with Crippen LogP contribution in [-0.4, -0.2) is 48.4 Å². The molecule has 7 heteroatoms. The van der Waals surface area contributed by atoms with Gasteiger partial charge in [-0.05, 0) is 30.3 Å². The molecule has 2 aliphatic rings. The molecule has 30 heavy (non-hydrogen) atoms. The first-order chi connectivity index (χ1) is 14.4. The summed E-state index contributed by atoms with van der Waals surface area (Å²) in [7, 11) is 1.57. The van der Waals surface area contributed by atoms with Crippen LogP contribution in [0.4, 0.5) is 0 Å². The van der Waals surface area contributed by atoms with Crippen molar-refractivity contribution in [2.75, 3.05) is 20.2 Å². The van der Waals surface area contributed by atoms with Crippen LogP contribution < -0.4 is 14.2 Å². The Balaban J connectivity index is 1.46. The number of piperidine rings is 1. The van der Waals surface area contributed by atoms with Crippen LogP contribution in [0.2, 0.25) is 0 Å². The molecule has 0 atom stereocenters. The topological polar surface area (TPSA) is 82.1 Å². The highest BCUT2D eigenvalue weighted by Crippen LogP contribution is 2.41. The molecule has 0 N–H and O–H groups in total. The number of hydrogen-bond donors (Lipinski definition) is 0. The van der Waals surface area contributed by atoms with Crippen LogP contribution in [0.3, 0.4) is 0 Å². The van der Waals surface area contributed by atoms with Crippen molar-refractivity contribution < 1.29 is 28.6 Å². The Morgan fingerprint density at radius 1 is 1.07 bits per heavy atom. The maximum absolute atomic E-state index is 12.9. The SMILES string of the molecule is COc1ccc2c(c1)OC1(CCN(C(=O)c3cccc(OC(C)=O)c3)CC1)CC2=O. The molecule has 0 bridgehead atoms. The lowest BCUT2D eigenvalue weighted by Crippen LogP contribution is -2.52. The van der Waals surface area contributed by atoms with E-state index in [-0.39, 0.29) is 11.7 Å². The number of nitrogens with zero attached hydrogens (tertiary/aromatic N) is 1. The van der Waals surface area contributed by atoms with Crippen molar-refractivity contribution >= 4 is 17.7 Å². The smallest absolute Gasteiger partial charge is 0.308 e. The number of esters is 1. The van der Waals surface area contributed by atoms with E-state index in [2.05, 4.69) is 0 Å². The molecule has 0 unspecified atom stereocenters. The van der Waals surface area contributed by atoms with Gasteiger partial charge < -0.3 is 19.1 Å². The zero-order chi connectivity index (χ0) is 21.3. The van der Waals surface area contributed by atoms with E-state index in [1.54, 1.807) is 54.5 Å². The molecule has 7 nitrogen and oxygen atoms in total. The first kappa shape index (κ1) is 19.9. The van der Waals surface area contributed by atoms with Crippen molar-refractivity contribution in [1.29, 1.82) is 0 Å². The Bertz CT molecular complexity index is 1010. The molecule has 0 aliphatic carbocycles. The van der Waals surface area contributed by atoms with Gasteiger partial charge in [0.1, 0.15) is 22.8 Å². The summed E-state index contributed by atoms with van der Waals surface area (Å²) in [5.41, 5.74) is 0.426. The Morgan fingerprint density at radius 3 is 2.53 bits per heavy atom. The number of fused-ring (bicyclic) bond motifs is 1. The van der Waals surface area contributed by atoms with E-state index in [1.807, 2.05) is 0 Å². The second-order valence-electron chi connectivity index (χ2n) is 7.66. The van der Waals surface area contributed by atoms with Crippen LogP contribution in [0.1, 0.15) is 46.9 Å². The first-order valence-electron chi connectivity index (χ1n) is 9.87. The molecule has 1 saturated heterocycles. The summed E-state index contributed by atoms with van der Waals surface area (Å²) < 4.78 is 16.6. The summed E-state index contributed by atoms with van der Waals surface area (Å²) in [4.78, 5) is 38.5. The number of amides is 1. The third kappa shape index (κ3) is 3.87. The minimum absolute atomic E-state index is 0.0489. The van der Waals surface area contributed by atoms with E-state index < -0.39 is 11.6 Å². The molecule has 0 radical (unpaired) electrons. The average molecular weight is 409 g/mol. The van der Waals surface area contributed by atoms with E-state index in [9.17, 15) is 14.4 Å². The summed E-state index contributed by atoms with van der Waals surface area (Å²) in [5.74, 6) is 0.998. The Labute approximate surface area is 174 Å². The molecule has 2 aromatic carbocycles. The molecule has 156 valence electrons. The molecule has 2 aliphatic heterocycles. The van der Waals surface area contributed by atoms with Crippen molar-refractivity contribution in [3.8, 4) is 17.2 Å². The quantitative estimate of drug-likeness (QED) is 0.572. The van der Waals surface area contributed by atoms with E-state index in [0.717, 1.165) is 0 Å². The second kappa shape index (κ2) is 7.82. The highest BCUT2D eigenvalue weighted by atomic mass is 16.5. The third-order valence-corrected chi connectivity index (χ3v) is 5.60. The maximum Gasteiger partial charge on any atom is 0.308 e. The maximum atomic E-state index is 12.9. The third-order valence-electron chi connectivity index (χ3n) is 5.60. The highest BCUT2D eigenvalue weighted by Gasteiger charge is 2.43. The van der Waals surface area contributed by atoms with E-state index in [0.29, 0.717) is 60.7 Å². The molecule has 1 amide bonds. The minimum Gasteiger partial charge on any atom is -0.497 e. The van der Waals surface area contributed by atoms with Crippen LogP contribution in [0.15, 0.2) is 42.5 Å². The number of hydrogen-bond acceptors (Lipinski definition) is 6. The first-order valence-corrected chi connectivity index (χ1v) is 9.87. The lowest BCUT2D eigenvalue weighted by atomic mass is 9.82. The molecule has 4 rings (SSSR count). The fraction of sp³-hybridized carbons (Fsp3) is 0.348. The highest BCUT2D eigenvalue weighted by molar-refractivity contribution is 6.00. The number of likely N-dealkylation sites (tertiary alicyclic amines) is 1. The van der Waals surface area contributed by atoms with Crippen LogP contribution in [0.25, 0.3) is 0 Å². The summed E-state index contributed by atoms with van der Waals surface area (Å²) in [6.07, 6.45) is 1.42. The molecule has 1 spiro atoms. The van der Waals surface area contributed by atoms with Crippen LogP contribution >= 0.6 is 0 Å². The van der Waals surface area contributed by atoms with Gasteiger partial charge in [0.25, 0.3) is 5.91 Å². The van der Waals surface area contributed by atoms with Crippen molar-refractivity contribution in [3.63, 3.8) is 0 Å². The number of methoxy groups -OCH3 is 1. The van der Waals surface area contributed by atoms with Gasteiger partial charge in [0.2, 0.25) is 0 Å². The number of carbonyl (C=O) groups excluding carboxylic acids is 3. The van der Waals surface area contributed by atoms with Gasteiger partial charge >= 0.3 is 5.97 Å². The Kier molecular flexibility index (Phi) is 5.20. The van der Waals surface area contributed by atoms with Gasteiger partial charge in [0, 0.05) is 44.5 Å². The monoisotopic (exact) mass is 409 g/mol. The van der Waals surface area contributed by atoms with E-state index >= 15 is 0 Å². The van der Waals surface area contributed by atoms with Gasteiger partial charge in [-0.1, -0.05) is 6.07 Å². The molecular formula is C23H23NO6. The normalized spacial score (nSPS) is 17.1. The largest absolute Gasteiger partial charge is 0.497 e. The molecule has 0 aromatic heterocycles. The molecule has 2 aromatic rings. The van der Waals surface area contributed by atoms with Crippen molar-refractivity contribution in [2.45, 2.75) is 31.8 Å². The number of carbonyl (C=O) groups is 3. The van der Waals surface area contributed by atoms with Gasteiger partial charge in [-0.2, -0.15) is 0 Å². The molecule has 2 heterocycles. The van der Waals surface area contributed by atoms with Gasteiger partial charge in [-0.3, -0.25) is 14.4 Å². The predicted molar refractivity (Wildman–Crippen MR) is 108 cm³/mol. The summed E-state index contributed by atoms with van der Waals surface area (Å²) in [6, 6.07) is 11.8. The Morgan fingerprint density at radius 2 is 1.83 bits per heavy atom. The number of Topliss-reactive ketones (excluding diaryl/α,β-unsaturated/α-hetero) is 1. The zero-order valence-electron chi connectivity index (χ0n) is 17.0. The van der Waals surface area contributed by atoms with Gasteiger partial charge in [-0.15, -0.1) is 0 Å². The number of benzene rings is 2. The van der Waals surface area contributed by atoms with E-state index in [4.69, 9.17) is 14.2 Å². The van der Waals surface area contributed by atoms with E-state index in [1.165, 1.54) is 6.92 Å². The molecule has 0 saturated carbocycles. The molecular weight excluding hydrogens is 386 g/mol. The zero-order valence-corrected chi connectivity index (χ0v) is 17.0. The van der Waals surface area contributed by atoms with Gasteiger partial charge in [0.05, 0.1) is 19.1 Å². The predicted octanol–water partition coefficient (Wildman–Crippen LogP) is 3.26. The standard InChI is InChI=1S/C23H23NO6/c1-15(25)29-18-5-3-4-16(12-18)22(27)24-10-8-23(9-11-24)14-20(26)19-7-6-17(28-2)13-21(19)30-23/h3-7,12-13H,8-11,14H2,1-2H3. The molecule has 1 fully saturated rings. The summed E-state index contributed by atoms with van der Waals surface area (Å²) >= 11 is 0. The van der Waals surface area contributed by atoms with Crippen molar-refractivity contribution in [1.82, 2.24) is 4.90 Å². The van der Waals surface area contributed by atoms with Gasteiger partial charge in [0.15, 0.2) is 5.78 Å². The minimum atomic E-state index is -0.604. The van der Waals surface area contributed by atoms with Crippen LogP contribution in [-0.2, 0) is 4.79 Å². The second-order valence-corrected chi connectivity index (χ2v) is 7.66. The number of ketones is 1. The fourth-order valence-corrected chi connectivity index (χ4v) is 4.04.